The maximum absolute atomic E-state index is 12.3. The summed E-state index contributed by atoms with van der Waals surface area (Å²) in [4.78, 5) is 22.5. The van der Waals surface area contributed by atoms with Crippen molar-refractivity contribution in [3.05, 3.63) is 51.5 Å². The number of methoxy groups -OCH3 is 2. The number of thioether (sulfide) groups is 1. The molecule has 0 radical (unpaired) electrons. The van der Waals surface area contributed by atoms with Crippen LogP contribution in [-0.2, 0) is 4.79 Å². The lowest BCUT2D eigenvalue weighted by atomic mass is 10.2. The minimum Gasteiger partial charge on any atom is -0.495 e. The van der Waals surface area contributed by atoms with Gasteiger partial charge in [0.2, 0.25) is 11.8 Å². The number of nitrogens with one attached hydrogen (secondary N) is 1. The number of hydrogen-bond acceptors (Lipinski definition) is 9. The highest BCUT2D eigenvalue weighted by Gasteiger charge is 2.15. The molecular weight excluding hydrogens is 436 g/mol. The van der Waals surface area contributed by atoms with Crippen LogP contribution < -0.4 is 14.8 Å². The second kappa shape index (κ2) is 9.46. The molecule has 0 aliphatic rings. The second-order valence-electron chi connectivity index (χ2n) is 5.70. The number of carbonyl (C=O) groups excluding carboxylic acids is 1. The van der Waals surface area contributed by atoms with Crippen molar-refractivity contribution in [1.82, 2.24) is 10.2 Å². The van der Waals surface area contributed by atoms with Crippen LogP contribution in [0.25, 0.3) is 11.5 Å². The molecule has 12 heteroatoms. The summed E-state index contributed by atoms with van der Waals surface area (Å²) in [5.41, 5.74) is 0.881. The van der Waals surface area contributed by atoms with Crippen molar-refractivity contribution in [2.24, 2.45) is 0 Å². The summed E-state index contributed by atoms with van der Waals surface area (Å²) in [6.45, 7) is 0. The van der Waals surface area contributed by atoms with Gasteiger partial charge < -0.3 is 19.2 Å². The molecule has 1 aromatic heterocycles. The molecule has 0 saturated heterocycles. The molecular formula is C18H15ClN4O6S. The lowest BCUT2D eigenvalue weighted by Crippen LogP contribution is -2.14. The van der Waals surface area contributed by atoms with E-state index in [1.807, 2.05) is 0 Å². The Balaban J connectivity index is 1.62. The fourth-order valence-corrected chi connectivity index (χ4v) is 3.19. The molecule has 1 heterocycles. The van der Waals surface area contributed by atoms with E-state index in [1.165, 1.54) is 44.6 Å². The van der Waals surface area contributed by atoms with Crippen LogP contribution in [0, 0.1) is 10.1 Å². The number of halogens is 1. The van der Waals surface area contributed by atoms with E-state index in [2.05, 4.69) is 15.5 Å². The number of amides is 1. The molecule has 0 saturated carbocycles. The van der Waals surface area contributed by atoms with Gasteiger partial charge >= 0.3 is 0 Å². The Labute approximate surface area is 179 Å². The molecule has 3 rings (SSSR count). The number of benzene rings is 2. The Morgan fingerprint density at radius 3 is 2.53 bits per heavy atom. The molecule has 0 fully saturated rings. The van der Waals surface area contributed by atoms with Crippen molar-refractivity contribution in [3.63, 3.8) is 0 Å². The van der Waals surface area contributed by atoms with Gasteiger partial charge in [0.25, 0.3) is 10.9 Å². The van der Waals surface area contributed by atoms with Gasteiger partial charge in [-0.1, -0.05) is 23.4 Å². The molecule has 156 valence electrons. The molecule has 0 unspecified atom stereocenters. The first-order valence-electron chi connectivity index (χ1n) is 8.33. The summed E-state index contributed by atoms with van der Waals surface area (Å²) < 4.78 is 15.9. The van der Waals surface area contributed by atoms with Gasteiger partial charge in [-0.3, -0.25) is 14.9 Å². The summed E-state index contributed by atoms with van der Waals surface area (Å²) in [6.07, 6.45) is 0. The zero-order chi connectivity index (χ0) is 21.7. The number of aromatic nitrogens is 2. The van der Waals surface area contributed by atoms with E-state index in [4.69, 9.17) is 25.5 Å². The third kappa shape index (κ3) is 4.99. The second-order valence-corrected chi connectivity index (χ2v) is 7.03. The number of carbonyl (C=O) groups is 1. The minimum absolute atomic E-state index is 0.00526. The average molecular weight is 451 g/mol. The van der Waals surface area contributed by atoms with E-state index in [1.54, 1.807) is 6.07 Å². The maximum atomic E-state index is 12.3. The summed E-state index contributed by atoms with van der Waals surface area (Å²) in [6, 6.07) is 8.79. The number of nitro groups is 1. The molecule has 2 aromatic carbocycles. The fourth-order valence-electron chi connectivity index (χ4n) is 2.38. The van der Waals surface area contributed by atoms with Crippen LogP contribution in [0.1, 0.15) is 0 Å². The summed E-state index contributed by atoms with van der Waals surface area (Å²) >= 11 is 7.13. The van der Waals surface area contributed by atoms with Crippen molar-refractivity contribution in [2.75, 3.05) is 25.3 Å². The highest BCUT2D eigenvalue weighted by Crippen LogP contribution is 2.36. The maximum Gasteiger partial charge on any atom is 0.277 e. The third-order valence-corrected chi connectivity index (χ3v) is 4.92. The van der Waals surface area contributed by atoms with Gasteiger partial charge in [0, 0.05) is 23.8 Å². The number of non-ortho nitro benzene ring substituents is 1. The zero-order valence-electron chi connectivity index (χ0n) is 15.7. The van der Waals surface area contributed by atoms with Crippen LogP contribution in [-0.4, -0.2) is 41.0 Å². The van der Waals surface area contributed by atoms with Crippen LogP contribution in [0.3, 0.4) is 0 Å². The van der Waals surface area contributed by atoms with Crippen molar-refractivity contribution in [3.8, 4) is 23.0 Å². The number of nitrogens with zero attached hydrogens (tertiary/aromatic N) is 3. The molecule has 1 amide bonds. The predicted molar refractivity (Wildman–Crippen MR) is 110 cm³/mol. The Bertz CT molecular complexity index is 1070. The van der Waals surface area contributed by atoms with E-state index in [9.17, 15) is 14.9 Å². The number of ether oxygens (including phenoxy) is 2. The van der Waals surface area contributed by atoms with Gasteiger partial charge in [-0.15, -0.1) is 10.2 Å². The quantitative estimate of drug-likeness (QED) is 0.307. The first-order chi connectivity index (χ1) is 14.4. The van der Waals surface area contributed by atoms with Gasteiger partial charge in [-0.2, -0.15) is 0 Å². The highest BCUT2D eigenvalue weighted by atomic mass is 35.5. The molecule has 0 spiro atoms. The smallest absolute Gasteiger partial charge is 0.277 e. The van der Waals surface area contributed by atoms with Gasteiger partial charge in [-0.05, 0) is 18.2 Å². The zero-order valence-corrected chi connectivity index (χ0v) is 17.3. The summed E-state index contributed by atoms with van der Waals surface area (Å²) in [5, 5.41) is 21.7. The van der Waals surface area contributed by atoms with Crippen LogP contribution in [0.15, 0.2) is 46.0 Å². The number of hydrogen-bond donors (Lipinski definition) is 1. The fraction of sp³-hybridized carbons (Fsp3) is 0.167. The van der Waals surface area contributed by atoms with E-state index in [0.29, 0.717) is 27.8 Å². The number of rotatable bonds is 8. The van der Waals surface area contributed by atoms with Crippen molar-refractivity contribution in [1.29, 1.82) is 0 Å². The molecule has 0 aliphatic heterocycles. The SMILES string of the molecule is COc1cc(OC)c(NC(=O)CSc2nnc(-c3ccc([N+](=O)[O-])cc3)o2)cc1Cl. The van der Waals surface area contributed by atoms with E-state index < -0.39 is 4.92 Å². The standard InChI is InChI=1S/C18H15ClN4O6S/c1-27-14-8-15(28-2)13(7-12(14)19)20-16(24)9-30-18-22-21-17(29-18)10-3-5-11(6-4-10)23(25)26/h3-8H,9H2,1-2H3,(H,20,24). The van der Waals surface area contributed by atoms with Crippen molar-refractivity contribution >= 4 is 40.6 Å². The van der Waals surface area contributed by atoms with Crippen LogP contribution in [0.5, 0.6) is 11.5 Å². The predicted octanol–water partition coefficient (Wildman–Crippen LogP) is 4.05. The van der Waals surface area contributed by atoms with Gasteiger partial charge in [-0.25, -0.2) is 0 Å². The first kappa shape index (κ1) is 21.4. The van der Waals surface area contributed by atoms with Gasteiger partial charge in [0.15, 0.2) is 0 Å². The van der Waals surface area contributed by atoms with E-state index >= 15 is 0 Å². The summed E-state index contributed by atoms with van der Waals surface area (Å²) in [5.74, 6) is 0.665. The largest absolute Gasteiger partial charge is 0.495 e. The topological polar surface area (TPSA) is 130 Å². The van der Waals surface area contributed by atoms with E-state index in [-0.39, 0.29) is 28.5 Å². The molecule has 0 aliphatic carbocycles. The molecule has 3 aromatic rings. The molecule has 0 bridgehead atoms. The van der Waals surface area contributed by atoms with Gasteiger partial charge in [0.1, 0.15) is 11.5 Å². The Morgan fingerprint density at radius 1 is 1.20 bits per heavy atom. The third-order valence-electron chi connectivity index (χ3n) is 3.81. The lowest BCUT2D eigenvalue weighted by Gasteiger charge is -2.12. The van der Waals surface area contributed by atoms with Crippen molar-refractivity contribution in [2.45, 2.75) is 5.22 Å². The number of anilines is 1. The van der Waals surface area contributed by atoms with Crippen LogP contribution in [0.2, 0.25) is 5.02 Å². The highest BCUT2D eigenvalue weighted by molar-refractivity contribution is 7.99. The van der Waals surface area contributed by atoms with E-state index in [0.717, 1.165) is 11.8 Å². The van der Waals surface area contributed by atoms with Gasteiger partial charge in [0.05, 0.1) is 35.6 Å². The molecule has 1 N–H and O–H groups in total. The van der Waals surface area contributed by atoms with Crippen LogP contribution in [0.4, 0.5) is 11.4 Å². The van der Waals surface area contributed by atoms with Crippen molar-refractivity contribution < 1.29 is 23.6 Å². The lowest BCUT2D eigenvalue weighted by molar-refractivity contribution is -0.384. The minimum atomic E-state index is -0.498. The molecule has 30 heavy (non-hydrogen) atoms. The molecule has 0 atom stereocenters. The normalized spacial score (nSPS) is 10.5. The Morgan fingerprint density at radius 2 is 1.90 bits per heavy atom. The van der Waals surface area contributed by atoms with Crippen LogP contribution >= 0.6 is 23.4 Å². The Hall–Kier alpha value is -3.31. The first-order valence-corrected chi connectivity index (χ1v) is 9.70. The summed E-state index contributed by atoms with van der Waals surface area (Å²) in [7, 11) is 2.94. The monoisotopic (exact) mass is 450 g/mol. The average Bonchev–Trinajstić information content (AvgIpc) is 3.21. The number of nitro benzene ring substituents is 1. The molecule has 10 nitrogen and oxygen atoms in total. The Kier molecular flexibility index (Phi) is 6.75.